The van der Waals surface area contributed by atoms with Crippen LogP contribution in [0.4, 0.5) is 4.79 Å². The molecule has 2 atom stereocenters. The number of carboxylic acids is 1. The Balaban J connectivity index is 4.33. The third kappa shape index (κ3) is 7.57. The van der Waals surface area contributed by atoms with Crippen molar-refractivity contribution in [3.8, 4) is 0 Å². The van der Waals surface area contributed by atoms with Crippen molar-refractivity contribution >= 4 is 35.5 Å². The summed E-state index contributed by atoms with van der Waals surface area (Å²) in [5.74, 6) is 0.712. The van der Waals surface area contributed by atoms with Crippen molar-refractivity contribution in [2.24, 2.45) is 0 Å². The lowest BCUT2D eigenvalue weighted by molar-refractivity contribution is -0.139. The first-order chi connectivity index (χ1) is 8.93. The summed E-state index contributed by atoms with van der Waals surface area (Å²) in [7, 11) is 1.70. The van der Waals surface area contributed by atoms with E-state index in [4.69, 9.17) is 5.11 Å². The van der Waals surface area contributed by atoms with Gasteiger partial charge in [0.2, 0.25) is 0 Å². The van der Waals surface area contributed by atoms with Crippen LogP contribution in [0, 0.1) is 0 Å². The standard InChI is InChI=1S/C12H24N2O3S2/c1-9(5-7-18-3)14(2)12(17)13-10(11(15)16)6-8-19-4/h9-10H,5-8H2,1-4H3,(H,13,17)(H,15,16). The van der Waals surface area contributed by atoms with Gasteiger partial charge in [0.25, 0.3) is 0 Å². The minimum Gasteiger partial charge on any atom is -0.480 e. The van der Waals surface area contributed by atoms with Gasteiger partial charge in [0, 0.05) is 13.1 Å². The van der Waals surface area contributed by atoms with Crippen LogP contribution in [0.2, 0.25) is 0 Å². The zero-order valence-electron chi connectivity index (χ0n) is 12.0. The number of aliphatic carboxylic acids is 1. The van der Waals surface area contributed by atoms with Crippen molar-refractivity contribution in [2.45, 2.75) is 31.8 Å². The third-order valence-electron chi connectivity index (χ3n) is 2.93. The summed E-state index contributed by atoms with van der Waals surface area (Å²) < 4.78 is 0. The predicted molar refractivity (Wildman–Crippen MR) is 83.2 cm³/mol. The average Bonchev–Trinajstić information content (AvgIpc) is 2.39. The minimum atomic E-state index is -0.979. The van der Waals surface area contributed by atoms with Crippen LogP contribution in [-0.2, 0) is 4.79 Å². The van der Waals surface area contributed by atoms with Gasteiger partial charge in [-0.15, -0.1) is 0 Å². The first-order valence-corrected chi connectivity index (χ1v) is 8.96. The van der Waals surface area contributed by atoms with Crippen molar-refractivity contribution < 1.29 is 14.7 Å². The second-order valence-corrected chi connectivity index (χ2v) is 6.33. The van der Waals surface area contributed by atoms with E-state index in [9.17, 15) is 9.59 Å². The van der Waals surface area contributed by atoms with Crippen LogP contribution in [0.1, 0.15) is 19.8 Å². The maximum absolute atomic E-state index is 12.0. The maximum Gasteiger partial charge on any atom is 0.326 e. The SMILES string of the molecule is CSCCC(NC(=O)N(C)C(C)CCSC)C(=O)O. The molecule has 0 fully saturated rings. The number of hydrogen-bond acceptors (Lipinski definition) is 4. The van der Waals surface area contributed by atoms with Crippen LogP contribution in [0.15, 0.2) is 0 Å². The van der Waals surface area contributed by atoms with Gasteiger partial charge in [-0.3, -0.25) is 0 Å². The van der Waals surface area contributed by atoms with Gasteiger partial charge in [-0.1, -0.05) is 0 Å². The van der Waals surface area contributed by atoms with Gasteiger partial charge in [-0.2, -0.15) is 23.5 Å². The molecule has 2 amide bonds. The number of hydrogen-bond donors (Lipinski definition) is 2. The Labute approximate surface area is 123 Å². The fraction of sp³-hybridized carbons (Fsp3) is 0.833. The van der Waals surface area contributed by atoms with E-state index < -0.39 is 12.0 Å². The number of carbonyl (C=O) groups is 2. The van der Waals surface area contributed by atoms with Gasteiger partial charge in [0.05, 0.1) is 0 Å². The molecular weight excluding hydrogens is 284 g/mol. The molecule has 0 radical (unpaired) electrons. The summed E-state index contributed by atoms with van der Waals surface area (Å²) in [6.07, 6.45) is 5.27. The molecule has 2 N–H and O–H groups in total. The molecule has 19 heavy (non-hydrogen) atoms. The molecular formula is C12H24N2O3S2. The fourth-order valence-corrected chi connectivity index (χ4v) is 2.47. The highest BCUT2D eigenvalue weighted by molar-refractivity contribution is 7.98. The van der Waals surface area contributed by atoms with E-state index in [1.807, 2.05) is 19.4 Å². The van der Waals surface area contributed by atoms with Crippen molar-refractivity contribution in [3.63, 3.8) is 0 Å². The van der Waals surface area contributed by atoms with E-state index in [0.29, 0.717) is 12.2 Å². The molecule has 0 aromatic carbocycles. The smallest absolute Gasteiger partial charge is 0.326 e. The number of amides is 2. The number of carboxylic acid groups (broad SMARTS) is 1. The molecule has 5 nitrogen and oxygen atoms in total. The number of rotatable bonds is 9. The number of nitrogens with zero attached hydrogens (tertiary/aromatic N) is 1. The predicted octanol–water partition coefficient (Wildman–Crippen LogP) is 1.98. The maximum atomic E-state index is 12.0. The van der Waals surface area contributed by atoms with Crippen LogP contribution in [0.5, 0.6) is 0 Å². The lowest BCUT2D eigenvalue weighted by atomic mass is 10.2. The van der Waals surface area contributed by atoms with E-state index in [2.05, 4.69) is 5.32 Å². The zero-order chi connectivity index (χ0) is 14.8. The van der Waals surface area contributed by atoms with Crippen LogP contribution in [0.25, 0.3) is 0 Å². The van der Waals surface area contributed by atoms with E-state index in [0.717, 1.165) is 12.2 Å². The number of nitrogens with one attached hydrogen (secondary N) is 1. The monoisotopic (exact) mass is 308 g/mol. The van der Waals surface area contributed by atoms with E-state index >= 15 is 0 Å². The summed E-state index contributed by atoms with van der Waals surface area (Å²) in [6.45, 7) is 1.97. The van der Waals surface area contributed by atoms with E-state index in [1.54, 1.807) is 35.5 Å². The van der Waals surface area contributed by atoms with Gasteiger partial charge in [-0.25, -0.2) is 9.59 Å². The first kappa shape index (κ1) is 18.4. The second-order valence-electron chi connectivity index (χ2n) is 4.36. The molecule has 0 aliphatic heterocycles. The Morgan fingerprint density at radius 3 is 2.21 bits per heavy atom. The zero-order valence-corrected chi connectivity index (χ0v) is 13.6. The van der Waals surface area contributed by atoms with Crippen molar-refractivity contribution in [2.75, 3.05) is 31.1 Å². The summed E-state index contributed by atoms with van der Waals surface area (Å²) >= 11 is 3.30. The number of urea groups is 1. The highest BCUT2D eigenvalue weighted by Gasteiger charge is 2.23. The highest BCUT2D eigenvalue weighted by Crippen LogP contribution is 2.07. The Morgan fingerprint density at radius 1 is 1.21 bits per heavy atom. The lowest BCUT2D eigenvalue weighted by Gasteiger charge is -2.26. The quantitative estimate of drug-likeness (QED) is 0.681. The largest absolute Gasteiger partial charge is 0.480 e. The van der Waals surface area contributed by atoms with Gasteiger partial charge >= 0.3 is 12.0 Å². The van der Waals surface area contributed by atoms with Gasteiger partial charge < -0.3 is 15.3 Å². The normalized spacial score (nSPS) is 13.7. The highest BCUT2D eigenvalue weighted by atomic mass is 32.2. The number of thioether (sulfide) groups is 2. The first-order valence-electron chi connectivity index (χ1n) is 6.18. The summed E-state index contributed by atoms with van der Waals surface area (Å²) in [4.78, 5) is 24.6. The molecule has 0 aromatic rings. The molecule has 0 aliphatic carbocycles. The molecule has 0 bridgehead atoms. The fourth-order valence-electron chi connectivity index (χ4n) is 1.43. The Morgan fingerprint density at radius 2 is 1.74 bits per heavy atom. The van der Waals surface area contributed by atoms with Crippen molar-refractivity contribution in [3.05, 3.63) is 0 Å². The molecule has 0 heterocycles. The molecule has 0 aromatic heterocycles. The Bertz CT molecular complexity index is 290. The van der Waals surface area contributed by atoms with Gasteiger partial charge in [0.1, 0.15) is 6.04 Å². The summed E-state index contributed by atoms with van der Waals surface area (Å²) in [5, 5.41) is 11.6. The molecule has 0 saturated heterocycles. The van der Waals surface area contributed by atoms with Crippen molar-refractivity contribution in [1.29, 1.82) is 0 Å². The van der Waals surface area contributed by atoms with Gasteiger partial charge in [0.15, 0.2) is 0 Å². The van der Waals surface area contributed by atoms with Gasteiger partial charge in [-0.05, 0) is 43.8 Å². The molecule has 0 spiro atoms. The lowest BCUT2D eigenvalue weighted by Crippen LogP contribution is -2.49. The molecule has 7 heteroatoms. The van der Waals surface area contributed by atoms with Crippen molar-refractivity contribution in [1.82, 2.24) is 10.2 Å². The third-order valence-corrected chi connectivity index (χ3v) is 4.22. The number of carbonyl (C=O) groups excluding carboxylic acids is 1. The Kier molecular flexibility index (Phi) is 9.95. The van der Waals surface area contributed by atoms with Crippen LogP contribution in [-0.4, -0.2) is 65.2 Å². The molecule has 0 rings (SSSR count). The van der Waals surface area contributed by atoms with E-state index in [-0.39, 0.29) is 12.1 Å². The molecule has 0 saturated carbocycles. The van der Waals surface area contributed by atoms with Crippen LogP contribution < -0.4 is 5.32 Å². The molecule has 2 unspecified atom stereocenters. The minimum absolute atomic E-state index is 0.0995. The van der Waals surface area contributed by atoms with Crippen LogP contribution in [0.3, 0.4) is 0 Å². The molecule has 0 aliphatic rings. The van der Waals surface area contributed by atoms with Crippen LogP contribution >= 0.6 is 23.5 Å². The Hall–Kier alpha value is -0.560. The average molecular weight is 308 g/mol. The van der Waals surface area contributed by atoms with E-state index in [1.165, 1.54) is 0 Å². The second kappa shape index (κ2) is 10.3. The molecule has 112 valence electrons. The topological polar surface area (TPSA) is 69.6 Å². The summed E-state index contributed by atoms with van der Waals surface area (Å²) in [6, 6.07) is -1.03. The summed E-state index contributed by atoms with van der Waals surface area (Å²) in [5.41, 5.74) is 0.